The average Bonchev–Trinajstić information content (AvgIpc) is 3.84. The van der Waals surface area contributed by atoms with Crippen molar-refractivity contribution in [3.8, 4) is 66.8 Å². The molecule has 68 heavy (non-hydrogen) atoms. The molecule has 0 N–H and O–H groups in total. The Kier molecular flexibility index (Phi) is 10.5. The van der Waals surface area contributed by atoms with Crippen molar-refractivity contribution in [1.29, 1.82) is 0 Å². The smallest absolute Gasteiger partial charge is 0.0654 e. The topological polar surface area (TPSA) is 0 Å². The van der Waals surface area contributed by atoms with Gasteiger partial charge in [0.25, 0.3) is 0 Å². The maximum atomic E-state index is 2.60. The highest BCUT2D eigenvalue weighted by Crippen LogP contribution is 2.58. The Hall–Kier alpha value is -7.02. The molecular formula is C68H60. The molecule has 0 amide bonds. The van der Waals surface area contributed by atoms with Crippen molar-refractivity contribution in [2.75, 3.05) is 0 Å². The third kappa shape index (κ3) is 6.78. The van der Waals surface area contributed by atoms with Crippen molar-refractivity contribution < 1.29 is 0 Å². The normalized spacial score (nSPS) is 15.8. The molecule has 0 unspecified atom stereocenters. The van der Waals surface area contributed by atoms with Crippen LogP contribution in [-0.2, 0) is 16.2 Å². The van der Waals surface area contributed by atoms with Gasteiger partial charge in [0.05, 0.1) is 5.41 Å². The van der Waals surface area contributed by atoms with Crippen molar-refractivity contribution in [2.24, 2.45) is 0 Å². The van der Waals surface area contributed by atoms with E-state index in [1.54, 1.807) is 0 Å². The number of hydrogen-bond acceptors (Lipinski definition) is 0. The first kappa shape index (κ1) is 42.3. The zero-order chi connectivity index (χ0) is 45.9. The molecule has 9 aromatic carbocycles. The van der Waals surface area contributed by atoms with Gasteiger partial charge in [-0.05, 0) is 155 Å². The molecule has 0 heteroatoms. The van der Waals surface area contributed by atoms with Crippen LogP contribution in [0.15, 0.2) is 212 Å². The molecule has 0 radical (unpaired) electrons. The lowest BCUT2D eigenvalue weighted by molar-refractivity contribution is 0.267. The maximum absolute atomic E-state index is 2.60. The number of unbranched alkanes of at least 4 members (excludes halogenated alkanes) is 1. The number of fused-ring (bicyclic) bond motifs is 6. The van der Waals surface area contributed by atoms with Crippen LogP contribution < -0.4 is 0 Å². The van der Waals surface area contributed by atoms with Crippen LogP contribution in [0.3, 0.4) is 0 Å². The van der Waals surface area contributed by atoms with Crippen molar-refractivity contribution in [3.63, 3.8) is 0 Å². The first-order chi connectivity index (χ1) is 33.4. The van der Waals surface area contributed by atoms with Gasteiger partial charge in [0.2, 0.25) is 0 Å². The minimum absolute atomic E-state index is 0.0704. The van der Waals surface area contributed by atoms with Gasteiger partial charge in [0, 0.05) is 5.41 Å². The van der Waals surface area contributed by atoms with Gasteiger partial charge in [-0.25, -0.2) is 0 Å². The summed E-state index contributed by atoms with van der Waals surface area (Å²) in [6, 6.07) is 81.4. The number of hydrogen-bond donors (Lipinski definition) is 0. The van der Waals surface area contributed by atoms with Crippen LogP contribution in [0.1, 0.15) is 111 Å². The fourth-order valence-corrected chi connectivity index (χ4v) is 13.1. The molecule has 3 aliphatic rings. The Balaban J connectivity index is 1.07. The summed E-state index contributed by atoms with van der Waals surface area (Å²) >= 11 is 0. The van der Waals surface area contributed by atoms with Gasteiger partial charge < -0.3 is 0 Å². The summed E-state index contributed by atoms with van der Waals surface area (Å²) in [6.07, 6.45) is 10.2. The number of rotatable bonds is 10. The molecule has 332 valence electrons. The van der Waals surface area contributed by atoms with Gasteiger partial charge in [-0.2, -0.15) is 0 Å². The lowest BCUT2D eigenvalue weighted by atomic mass is 9.65. The molecule has 3 aliphatic carbocycles. The van der Waals surface area contributed by atoms with E-state index in [-0.39, 0.29) is 10.8 Å². The van der Waals surface area contributed by atoms with E-state index >= 15 is 0 Å². The molecule has 0 atom stereocenters. The van der Waals surface area contributed by atoms with Crippen LogP contribution >= 0.6 is 0 Å². The summed E-state index contributed by atoms with van der Waals surface area (Å²) < 4.78 is 0. The Bertz CT molecular complexity index is 3290. The largest absolute Gasteiger partial charge is 0.0713 e. The van der Waals surface area contributed by atoms with Gasteiger partial charge in [0.15, 0.2) is 0 Å². The summed E-state index contributed by atoms with van der Waals surface area (Å²) in [6.45, 7) is 7.12. The molecule has 0 aliphatic heterocycles. The van der Waals surface area contributed by atoms with Crippen LogP contribution in [0, 0.1) is 0 Å². The summed E-state index contributed by atoms with van der Waals surface area (Å²) in [5.41, 5.74) is 24.7. The van der Waals surface area contributed by atoms with Crippen molar-refractivity contribution >= 4 is 0 Å². The minimum atomic E-state index is -0.551. The Morgan fingerprint density at radius 2 is 0.809 bits per heavy atom. The molecule has 0 heterocycles. The molecule has 12 rings (SSSR count). The zero-order valence-corrected chi connectivity index (χ0v) is 39.9. The van der Waals surface area contributed by atoms with Crippen molar-refractivity contribution in [1.82, 2.24) is 0 Å². The Morgan fingerprint density at radius 3 is 1.47 bits per heavy atom. The fraction of sp³-hybridized carbons (Fsp3) is 0.206. The fourth-order valence-electron chi connectivity index (χ4n) is 13.1. The van der Waals surface area contributed by atoms with E-state index < -0.39 is 5.41 Å². The molecule has 0 nitrogen and oxygen atoms in total. The SMILES string of the molecule is CCCCC1(c2cc(-c3cccc(-c4ccccc4)c3)cc(-c3cccc(C4(c5cccc(-c6cccc7c6-c6ccccc6C7(C)C)c5)c5ccccc5-c5ccccc54)c3)c2)CCCCC1. The van der Waals surface area contributed by atoms with Crippen LogP contribution in [0.4, 0.5) is 0 Å². The molecule has 0 saturated heterocycles. The summed E-state index contributed by atoms with van der Waals surface area (Å²) in [5.74, 6) is 0. The lowest BCUT2D eigenvalue weighted by Gasteiger charge is -2.39. The summed E-state index contributed by atoms with van der Waals surface area (Å²) in [5, 5.41) is 0. The summed E-state index contributed by atoms with van der Waals surface area (Å²) in [4.78, 5) is 0. The Labute approximate surface area is 404 Å². The van der Waals surface area contributed by atoms with Gasteiger partial charge in [-0.3, -0.25) is 0 Å². The van der Waals surface area contributed by atoms with Crippen LogP contribution in [0.2, 0.25) is 0 Å². The van der Waals surface area contributed by atoms with E-state index in [2.05, 4.69) is 233 Å². The second-order valence-electron chi connectivity index (χ2n) is 20.6. The molecule has 9 aromatic rings. The van der Waals surface area contributed by atoms with Gasteiger partial charge in [-0.1, -0.05) is 241 Å². The van der Waals surface area contributed by atoms with E-state index in [4.69, 9.17) is 0 Å². The van der Waals surface area contributed by atoms with E-state index in [0.717, 1.165) is 0 Å². The van der Waals surface area contributed by atoms with E-state index in [9.17, 15) is 0 Å². The molecule has 0 aromatic heterocycles. The highest BCUT2D eigenvalue weighted by Gasteiger charge is 2.46. The average molecular weight is 877 g/mol. The quantitative estimate of drug-likeness (QED) is 0.128. The second-order valence-corrected chi connectivity index (χ2v) is 20.6. The van der Waals surface area contributed by atoms with Crippen LogP contribution in [0.25, 0.3) is 66.8 Å². The molecule has 1 saturated carbocycles. The zero-order valence-electron chi connectivity index (χ0n) is 39.9. The third-order valence-corrected chi connectivity index (χ3v) is 16.5. The molecule has 1 fully saturated rings. The highest BCUT2D eigenvalue weighted by molar-refractivity contribution is 5.94. The van der Waals surface area contributed by atoms with E-state index in [1.165, 1.54) is 157 Å². The second kappa shape index (κ2) is 16.9. The van der Waals surface area contributed by atoms with Gasteiger partial charge >= 0.3 is 0 Å². The lowest BCUT2D eigenvalue weighted by Crippen LogP contribution is -2.29. The first-order valence-corrected chi connectivity index (χ1v) is 25.4. The van der Waals surface area contributed by atoms with Gasteiger partial charge in [-0.15, -0.1) is 0 Å². The maximum Gasteiger partial charge on any atom is 0.0713 e. The highest BCUT2D eigenvalue weighted by atomic mass is 14.5. The van der Waals surface area contributed by atoms with Crippen molar-refractivity contribution in [2.45, 2.75) is 88.4 Å². The summed E-state index contributed by atoms with van der Waals surface area (Å²) in [7, 11) is 0. The van der Waals surface area contributed by atoms with E-state index in [1.807, 2.05) is 0 Å². The van der Waals surface area contributed by atoms with Crippen molar-refractivity contribution in [3.05, 3.63) is 251 Å². The standard InChI is InChI=1S/C68H60/c1-4-5-38-67(39-16-7-17-40-67)56-45-52(49-25-18-24-48(41-49)47-22-8-6-9-23-47)42-53(46-56)50-26-19-28-54(43-50)68(62-35-14-10-30-58(62)59-31-11-15-36-63(59)68)55-29-20-27-51(44-55)57-33-21-37-64-65(57)60-32-12-13-34-61(60)66(64,2)3/h6,8-15,18-37,41-46H,4-5,7,16-17,38-40H2,1-3H3. The molecule has 0 bridgehead atoms. The van der Waals surface area contributed by atoms with Crippen LogP contribution in [0.5, 0.6) is 0 Å². The first-order valence-electron chi connectivity index (χ1n) is 25.4. The monoisotopic (exact) mass is 876 g/mol. The number of benzene rings is 9. The third-order valence-electron chi connectivity index (χ3n) is 16.5. The molecular weight excluding hydrogens is 817 g/mol. The Morgan fingerprint density at radius 1 is 0.353 bits per heavy atom. The van der Waals surface area contributed by atoms with E-state index in [0.29, 0.717) is 0 Å². The molecule has 0 spiro atoms. The van der Waals surface area contributed by atoms with Gasteiger partial charge in [0.1, 0.15) is 0 Å². The predicted octanol–water partition coefficient (Wildman–Crippen LogP) is 18.4. The van der Waals surface area contributed by atoms with Crippen LogP contribution in [-0.4, -0.2) is 0 Å². The minimum Gasteiger partial charge on any atom is -0.0654 e. The predicted molar refractivity (Wildman–Crippen MR) is 287 cm³/mol.